The fourth-order valence-corrected chi connectivity index (χ4v) is 3.15. The van der Waals surface area contributed by atoms with Crippen LogP contribution in [0, 0.1) is 0 Å². The molecule has 0 aliphatic heterocycles. The molecule has 128 valence electrons. The van der Waals surface area contributed by atoms with Gasteiger partial charge in [0.15, 0.2) is 0 Å². The number of nitrogens with one attached hydrogen (secondary N) is 1. The standard InChI is InChI=1S/C19H14F3NOS/c20-19(21,22)12-25-17-8-4-3-7-16(17)23-18(24)15-10-9-13-5-1-2-6-14(13)11-15/h1-11H,12H2,(H,23,24). The van der Waals surface area contributed by atoms with E-state index in [4.69, 9.17) is 0 Å². The SMILES string of the molecule is O=C(Nc1ccccc1SCC(F)(F)F)c1ccc2ccccc2c1. The van der Waals surface area contributed by atoms with Crippen LogP contribution in [-0.4, -0.2) is 17.8 Å². The molecule has 0 fully saturated rings. The van der Waals surface area contributed by atoms with Crippen molar-refractivity contribution in [2.45, 2.75) is 11.1 Å². The van der Waals surface area contributed by atoms with E-state index in [1.807, 2.05) is 30.3 Å². The highest BCUT2D eigenvalue weighted by Gasteiger charge is 2.27. The minimum atomic E-state index is -4.26. The molecule has 1 N–H and O–H groups in total. The topological polar surface area (TPSA) is 29.1 Å². The second kappa shape index (κ2) is 7.19. The smallest absolute Gasteiger partial charge is 0.321 e. The summed E-state index contributed by atoms with van der Waals surface area (Å²) in [6, 6.07) is 19.4. The molecule has 1 amide bonds. The van der Waals surface area contributed by atoms with Crippen molar-refractivity contribution in [3.8, 4) is 0 Å². The number of carbonyl (C=O) groups is 1. The van der Waals surface area contributed by atoms with E-state index >= 15 is 0 Å². The largest absolute Gasteiger partial charge is 0.398 e. The van der Waals surface area contributed by atoms with E-state index in [1.165, 1.54) is 0 Å². The van der Waals surface area contributed by atoms with Gasteiger partial charge >= 0.3 is 6.18 Å². The summed E-state index contributed by atoms with van der Waals surface area (Å²) in [6.07, 6.45) is -4.26. The normalized spacial score (nSPS) is 11.5. The lowest BCUT2D eigenvalue weighted by molar-refractivity contribution is -0.105. The van der Waals surface area contributed by atoms with Crippen LogP contribution < -0.4 is 5.32 Å². The average molecular weight is 361 g/mol. The number of amides is 1. The van der Waals surface area contributed by atoms with Crippen LogP contribution in [0.5, 0.6) is 0 Å². The molecular weight excluding hydrogens is 347 g/mol. The summed E-state index contributed by atoms with van der Waals surface area (Å²) in [6.45, 7) is 0. The molecule has 0 unspecified atom stereocenters. The molecule has 0 bridgehead atoms. The van der Waals surface area contributed by atoms with Crippen molar-refractivity contribution < 1.29 is 18.0 Å². The van der Waals surface area contributed by atoms with Crippen molar-refractivity contribution in [2.24, 2.45) is 0 Å². The molecule has 0 saturated heterocycles. The zero-order valence-corrected chi connectivity index (χ0v) is 13.8. The molecule has 3 aromatic rings. The third-order valence-electron chi connectivity index (χ3n) is 3.54. The van der Waals surface area contributed by atoms with E-state index in [0.29, 0.717) is 27.9 Å². The molecule has 25 heavy (non-hydrogen) atoms. The third-order valence-corrected chi connectivity index (χ3v) is 4.68. The van der Waals surface area contributed by atoms with Crippen molar-refractivity contribution >= 4 is 34.1 Å². The van der Waals surface area contributed by atoms with Crippen LogP contribution >= 0.6 is 11.8 Å². The molecule has 0 spiro atoms. The molecule has 0 aromatic heterocycles. The van der Waals surface area contributed by atoms with Crippen LogP contribution in [0.1, 0.15) is 10.4 Å². The number of fused-ring (bicyclic) bond motifs is 1. The molecular formula is C19H14F3NOS. The number of halogens is 3. The Balaban J connectivity index is 1.80. The summed E-state index contributed by atoms with van der Waals surface area (Å²) < 4.78 is 37.3. The van der Waals surface area contributed by atoms with Gasteiger partial charge in [-0.1, -0.05) is 42.5 Å². The van der Waals surface area contributed by atoms with Gasteiger partial charge in [0.1, 0.15) is 0 Å². The zero-order valence-electron chi connectivity index (χ0n) is 13.0. The molecule has 0 heterocycles. The average Bonchev–Trinajstić information content (AvgIpc) is 2.60. The maximum absolute atomic E-state index is 12.5. The van der Waals surface area contributed by atoms with Crippen molar-refractivity contribution in [3.05, 3.63) is 72.3 Å². The summed E-state index contributed by atoms with van der Waals surface area (Å²) in [4.78, 5) is 12.9. The van der Waals surface area contributed by atoms with Crippen molar-refractivity contribution in [1.82, 2.24) is 0 Å². The number of thioether (sulfide) groups is 1. The molecule has 3 rings (SSSR count). The van der Waals surface area contributed by atoms with Gasteiger partial charge in [0.2, 0.25) is 0 Å². The number of carbonyl (C=O) groups excluding carboxylic acids is 1. The van der Waals surface area contributed by atoms with Gasteiger partial charge < -0.3 is 5.32 Å². The van der Waals surface area contributed by atoms with Crippen LogP contribution in [0.25, 0.3) is 10.8 Å². The van der Waals surface area contributed by atoms with E-state index in [-0.39, 0.29) is 5.91 Å². The highest BCUT2D eigenvalue weighted by molar-refractivity contribution is 7.99. The van der Waals surface area contributed by atoms with Crippen LogP contribution in [0.2, 0.25) is 0 Å². The predicted octanol–water partition coefficient (Wildman–Crippen LogP) is 5.75. The van der Waals surface area contributed by atoms with E-state index in [2.05, 4.69) is 5.32 Å². The molecule has 0 radical (unpaired) electrons. The molecule has 0 saturated carbocycles. The van der Waals surface area contributed by atoms with Gasteiger partial charge in [-0.25, -0.2) is 0 Å². The second-order valence-corrected chi connectivity index (χ2v) is 6.43. The molecule has 3 aromatic carbocycles. The number of hydrogen-bond donors (Lipinski definition) is 1. The van der Waals surface area contributed by atoms with Crippen LogP contribution in [0.4, 0.5) is 18.9 Å². The van der Waals surface area contributed by atoms with Gasteiger partial charge in [0.05, 0.1) is 11.4 Å². The number of anilines is 1. The number of para-hydroxylation sites is 1. The molecule has 2 nitrogen and oxygen atoms in total. The fourth-order valence-electron chi connectivity index (χ4n) is 2.38. The number of rotatable bonds is 4. The fraction of sp³-hybridized carbons (Fsp3) is 0.105. The Hall–Kier alpha value is -2.47. The lowest BCUT2D eigenvalue weighted by Crippen LogP contribution is -2.14. The summed E-state index contributed by atoms with van der Waals surface area (Å²) in [7, 11) is 0. The van der Waals surface area contributed by atoms with E-state index in [9.17, 15) is 18.0 Å². The van der Waals surface area contributed by atoms with E-state index < -0.39 is 11.9 Å². The predicted molar refractivity (Wildman–Crippen MR) is 95.1 cm³/mol. The Kier molecular flexibility index (Phi) is 4.99. The minimum absolute atomic E-state index is 0.356. The van der Waals surface area contributed by atoms with Gasteiger partial charge in [-0.2, -0.15) is 13.2 Å². The number of benzene rings is 3. The number of alkyl halides is 3. The first-order valence-corrected chi connectivity index (χ1v) is 8.50. The van der Waals surface area contributed by atoms with Gasteiger partial charge in [0, 0.05) is 10.5 Å². The van der Waals surface area contributed by atoms with E-state index in [0.717, 1.165) is 10.8 Å². The third kappa shape index (κ3) is 4.54. The molecule has 0 aliphatic rings. The van der Waals surface area contributed by atoms with Gasteiger partial charge in [0.25, 0.3) is 5.91 Å². The first-order valence-electron chi connectivity index (χ1n) is 7.51. The van der Waals surface area contributed by atoms with Crippen LogP contribution in [-0.2, 0) is 0 Å². The van der Waals surface area contributed by atoms with E-state index in [1.54, 1.807) is 36.4 Å². The lowest BCUT2D eigenvalue weighted by Gasteiger charge is -2.12. The highest BCUT2D eigenvalue weighted by atomic mass is 32.2. The van der Waals surface area contributed by atoms with Crippen LogP contribution in [0.15, 0.2) is 71.6 Å². The monoisotopic (exact) mass is 361 g/mol. The summed E-state index contributed by atoms with van der Waals surface area (Å²) in [5, 5.41) is 4.64. The Morgan fingerprint density at radius 1 is 0.920 bits per heavy atom. The van der Waals surface area contributed by atoms with Gasteiger partial charge in [-0.3, -0.25) is 4.79 Å². The van der Waals surface area contributed by atoms with Crippen molar-refractivity contribution in [2.75, 3.05) is 11.1 Å². The summed E-state index contributed by atoms with van der Waals surface area (Å²) in [5.41, 5.74) is 0.823. The van der Waals surface area contributed by atoms with Gasteiger partial charge in [-0.05, 0) is 35.0 Å². The highest BCUT2D eigenvalue weighted by Crippen LogP contribution is 2.32. The summed E-state index contributed by atoms with van der Waals surface area (Å²) >= 11 is 0.654. The first-order chi connectivity index (χ1) is 11.9. The quantitative estimate of drug-likeness (QED) is 0.600. The maximum Gasteiger partial charge on any atom is 0.398 e. The lowest BCUT2D eigenvalue weighted by atomic mass is 10.1. The minimum Gasteiger partial charge on any atom is -0.321 e. The van der Waals surface area contributed by atoms with Crippen molar-refractivity contribution in [3.63, 3.8) is 0 Å². The molecule has 0 aliphatic carbocycles. The zero-order chi connectivity index (χ0) is 17.9. The Morgan fingerprint density at radius 2 is 1.60 bits per heavy atom. The summed E-state index contributed by atoms with van der Waals surface area (Å²) in [5.74, 6) is -1.36. The van der Waals surface area contributed by atoms with Crippen molar-refractivity contribution in [1.29, 1.82) is 0 Å². The molecule has 6 heteroatoms. The Labute approximate surface area is 147 Å². The Morgan fingerprint density at radius 3 is 2.36 bits per heavy atom. The maximum atomic E-state index is 12.5. The van der Waals surface area contributed by atoms with Crippen LogP contribution in [0.3, 0.4) is 0 Å². The molecule has 0 atom stereocenters. The Bertz CT molecular complexity index is 908. The first kappa shape index (κ1) is 17.4. The van der Waals surface area contributed by atoms with Gasteiger partial charge in [-0.15, -0.1) is 11.8 Å². The second-order valence-electron chi connectivity index (χ2n) is 5.42. The number of hydrogen-bond acceptors (Lipinski definition) is 2.